The molecule has 2 saturated heterocycles. The lowest BCUT2D eigenvalue weighted by Crippen LogP contribution is -2.51. The van der Waals surface area contributed by atoms with Crippen molar-refractivity contribution in [2.24, 2.45) is 5.41 Å². The average molecular weight is 598 g/mol. The van der Waals surface area contributed by atoms with Crippen LogP contribution in [0.4, 0.5) is 13.6 Å². The van der Waals surface area contributed by atoms with Gasteiger partial charge in [-0.3, -0.25) is 5.32 Å². The third-order valence-electron chi connectivity index (χ3n) is 7.98. The minimum atomic E-state index is -1.75. The summed E-state index contributed by atoms with van der Waals surface area (Å²) >= 11 is 12.2. The molecule has 2 heterocycles. The highest BCUT2D eigenvalue weighted by molar-refractivity contribution is 6.31. The van der Waals surface area contributed by atoms with Gasteiger partial charge in [-0.15, -0.1) is 0 Å². The fraction of sp³-hybridized carbons (Fsp3) is 0.500. The van der Waals surface area contributed by atoms with Gasteiger partial charge in [0.05, 0.1) is 42.9 Å². The van der Waals surface area contributed by atoms with Crippen molar-refractivity contribution in [3.8, 4) is 6.07 Å². The molecule has 2 aliphatic rings. The van der Waals surface area contributed by atoms with E-state index in [1.54, 1.807) is 0 Å². The van der Waals surface area contributed by atoms with Crippen LogP contribution in [-0.4, -0.2) is 61.0 Å². The smallest absolute Gasteiger partial charge is 0.408 e. The molecule has 0 aromatic heterocycles. The second-order valence-corrected chi connectivity index (χ2v) is 11.2. The molecule has 4 N–H and O–H groups in total. The molecule has 1 amide bonds. The largest absolute Gasteiger partial charge is 0.430 e. The second kappa shape index (κ2) is 12.6. The minimum absolute atomic E-state index is 0.0155. The summed E-state index contributed by atoms with van der Waals surface area (Å²) < 4.78 is 42.5. The topological polar surface area (TPSA) is 124 Å². The molecule has 2 fully saturated rings. The van der Waals surface area contributed by atoms with Gasteiger partial charge in [0.2, 0.25) is 0 Å². The van der Waals surface area contributed by atoms with Crippen LogP contribution >= 0.6 is 23.2 Å². The monoisotopic (exact) mass is 597 g/mol. The first-order valence-corrected chi connectivity index (χ1v) is 13.7. The summed E-state index contributed by atoms with van der Waals surface area (Å²) in [4.78, 5) is 12.8. The molecule has 0 aliphatic carbocycles. The molecule has 0 bridgehead atoms. The number of alkyl carbamates (subject to hydrolysis) is 1. The highest BCUT2D eigenvalue weighted by Crippen LogP contribution is 2.54. The molecule has 0 saturated carbocycles. The molecule has 8 nitrogen and oxygen atoms in total. The Bertz CT molecular complexity index is 1270. The van der Waals surface area contributed by atoms with E-state index in [2.05, 4.69) is 16.7 Å². The zero-order valence-corrected chi connectivity index (χ0v) is 23.3. The predicted molar refractivity (Wildman–Crippen MR) is 144 cm³/mol. The van der Waals surface area contributed by atoms with Gasteiger partial charge in [0.25, 0.3) is 0 Å². The van der Waals surface area contributed by atoms with E-state index in [9.17, 15) is 15.2 Å². The lowest BCUT2D eigenvalue weighted by Gasteiger charge is -2.45. The van der Waals surface area contributed by atoms with E-state index in [0.29, 0.717) is 26.1 Å². The van der Waals surface area contributed by atoms with Crippen molar-refractivity contribution in [2.45, 2.75) is 55.9 Å². The first kappa shape index (κ1) is 30.4. The van der Waals surface area contributed by atoms with E-state index in [1.165, 1.54) is 30.3 Å². The quantitative estimate of drug-likeness (QED) is 0.320. The molecule has 5 atom stereocenters. The molecule has 4 rings (SSSR count). The van der Waals surface area contributed by atoms with Gasteiger partial charge in [0.1, 0.15) is 17.0 Å². The number of nitrogens with zero attached hydrogens (tertiary/aromatic N) is 1. The predicted octanol–water partition coefficient (Wildman–Crippen LogP) is 4.40. The lowest BCUT2D eigenvalue weighted by atomic mass is 9.62. The number of aliphatic hydroxyl groups excluding tert-OH is 2. The molecule has 216 valence electrons. The normalized spacial score (nSPS) is 26.0. The number of amides is 1. The number of hydrogen-bond acceptors (Lipinski definition) is 7. The van der Waals surface area contributed by atoms with Gasteiger partial charge in [-0.05, 0) is 43.0 Å². The molecule has 12 heteroatoms. The summed E-state index contributed by atoms with van der Waals surface area (Å²) in [7, 11) is 0. The van der Waals surface area contributed by atoms with Gasteiger partial charge in [-0.2, -0.15) is 5.26 Å². The summed E-state index contributed by atoms with van der Waals surface area (Å²) in [5, 5.41) is 35.1. The Morgan fingerprint density at radius 1 is 1.32 bits per heavy atom. The maximum atomic E-state index is 15.7. The number of hydrogen-bond donors (Lipinski definition) is 4. The summed E-state index contributed by atoms with van der Waals surface area (Å²) in [6, 6.07) is 9.74. The molecule has 0 unspecified atom stereocenters. The third kappa shape index (κ3) is 5.77. The first-order valence-electron chi connectivity index (χ1n) is 13.0. The van der Waals surface area contributed by atoms with Crippen molar-refractivity contribution in [2.75, 3.05) is 26.4 Å². The number of nitriles is 1. The summed E-state index contributed by atoms with van der Waals surface area (Å²) in [5.41, 5.74) is -2.12. The van der Waals surface area contributed by atoms with Gasteiger partial charge in [-0.1, -0.05) is 48.3 Å². The molecular formula is C28H31Cl2F2N3O5. The van der Waals surface area contributed by atoms with Crippen LogP contribution in [-0.2, 0) is 14.9 Å². The van der Waals surface area contributed by atoms with E-state index in [-0.39, 0.29) is 39.6 Å². The van der Waals surface area contributed by atoms with Crippen LogP contribution < -0.4 is 10.6 Å². The molecule has 0 radical (unpaired) electrons. The summed E-state index contributed by atoms with van der Waals surface area (Å²) in [6.07, 6.45) is -2.08. The SMILES string of the molecule is CCC1(C[C@@H]2N[C@H](OC(=O)NCC[C@H](O)CO)[C@H](c3cccc(Cl)c3F)[C@@]2(C#N)c2ccc(Cl)cc2F)COC1. The van der Waals surface area contributed by atoms with Gasteiger partial charge >= 0.3 is 6.09 Å². The third-order valence-corrected chi connectivity index (χ3v) is 8.51. The number of aliphatic hydroxyl groups is 2. The number of carbonyl (C=O) groups excluding carboxylic acids is 1. The Balaban J connectivity index is 1.83. The lowest BCUT2D eigenvalue weighted by molar-refractivity contribution is -0.124. The van der Waals surface area contributed by atoms with Crippen molar-refractivity contribution < 1.29 is 33.3 Å². The number of ether oxygens (including phenoxy) is 2. The van der Waals surface area contributed by atoms with E-state index in [1.807, 2.05) is 6.92 Å². The number of halogens is 4. The molecule has 2 aromatic rings. The van der Waals surface area contributed by atoms with Crippen LogP contribution in [0.25, 0.3) is 0 Å². The number of carbonyl (C=O) groups is 1. The van der Waals surface area contributed by atoms with Crippen LogP contribution in [0.5, 0.6) is 0 Å². The van der Waals surface area contributed by atoms with Crippen molar-refractivity contribution in [1.29, 1.82) is 5.26 Å². The molecular weight excluding hydrogens is 567 g/mol. The van der Waals surface area contributed by atoms with E-state index >= 15 is 8.78 Å². The highest BCUT2D eigenvalue weighted by atomic mass is 35.5. The van der Waals surface area contributed by atoms with Crippen molar-refractivity contribution in [3.05, 3.63) is 69.2 Å². The van der Waals surface area contributed by atoms with Crippen LogP contribution in [0.3, 0.4) is 0 Å². The number of benzene rings is 2. The average Bonchev–Trinajstić information content (AvgIpc) is 3.20. The van der Waals surface area contributed by atoms with Crippen LogP contribution in [0.1, 0.15) is 43.2 Å². The fourth-order valence-corrected chi connectivity index (χ4v) is 5.98. The van der Waals surface area contributed by atoms with E-state index < -0.39 is 54.0 Å². The maximum absolute atomic E-state index is 15.7. The Labute approximate surface area is 241 Å². The van der Waals surface area contributed by atoms with Gasteiger partial charge in [0, 0.05) is 28.6 Å². The van der Waals surface area contributed by atoms with Crippen molar-refractivity contribution >= 4 is 29.3 Å². The fourth-order valence-electron chi connectivity index (χ4n) is 5.64. The Kier molecular flexibility index (Phi) is 9.55. The summed E-state index contributed by atoms with van der Waals surface area (Å²) in [5.74, 6) is -2.80. The first-order chi connectivity index (χ1) is 19.1. The van der Waals surface area contributed by atoms with Crippen LogP contribution in [0.2, 0.25) is 10.0 Å². The molecule has 2 aromatic carbocycles. The molecule has 0 spiro atoms. The zero-order valence-electron chi connectivity index (χ0n) is 21.8. The van der Waals surface area contributed by atoms with Crippen LogP contribution in [0.15, 0.2) is 36.4 Å². The van der Waals surface area contributed by atoms with Gasteiger partial charge in [0.15, 0.2) is 6.23 Å². The highest BCUT2D eigenvalue weighted by Gasteiger charge is 2.62. The van der Waals surface area contributed by atoms with E-state index in [0.717, 1.165) is 6.07 Å². The van der Waals surface area contributed by atoms with Gasteiger partial charge in [-0.25, -0.2) is 13.6 Å². The van der Waals surface area contributed by atoms with E-state index in [4.69, 9.17) is 37.8 Å². The second-order valence-electron chi connectivity index (χ2n) is 10.4. The number of nitrogens with one attached hydrogen (secondary N) is 2. The number of rotatable bonds is 10. The summed E-state index contributed by atoms with van der Waals surface area (Å²) in [6.45, 7) is 2.37. The van der Waals surface area contributed by atoms with Crippen molar-refractivity contribution in [1.82, 2.24) is 10.6 Å². The van der Waals surface area contributed by atoms with Crippen molar-refractivity contribution in [3.63, 3.8) is 0 Å². The molecule has 40 heavy (non-hydrogen) atoms. The van der Waals surface area contributed by atoms with Gasteiger partial charge < -0.3 is 25.0 Å². The standard InChI is InChI=1S/C28H31Cl2F2N3O5/c1-2-27(14-39-15-27)11-22-28(13-33,19-7-6-16(29)10-21(19)31)23(18-4-3-5-20(30)24(18)32)25(35-22)40-26(38)34-9-8-17(37)12-36/h3-7,10,17,22-23,25,35-37H,2,8-9,11-12,14-15H2,1H3,(H,34,38)/t17-,22-,23-,25+,28-/m0/s1. The minimum Gasteiger partial charge on any atom is -0.430 e. The Morgan fingerprint density at radius 3 is 2.67 bits per heavy atom. The van der Waals surface area contributed by atoms with Crippen LogP contribution in [0, 0.1) is 28.4 Å². The Hall–Kier alpha value is -2.52. The zero-order chi connectivity index (χ0) is 29.1. The maximum Gasteiger partial charge on any atom is 0.408 e. The molecule has 2 aliphatic heterocycles. The Morgan fingerprint density at radius 2 is 2.08 bits per heavy atom.